The van der Waals surface area contributed by atoms with Crippen LogP contribution in [0.1, 0.15) is 0 Å². The Morgan fingerprint density at radius 2 is 1.00 bits per heavy atom. The first-order valence-corrected chi connectivity index (χ1v) is 0. The van der Waals surface area contributed by atoms with Crippen molar-refractivity contribution in [3.05, 3.63) is 0 Å². The van der Waals surface area contributed by atoms with Crippen LogP contribution in [0.25, 0.3) is 0 Å². The topological polar surface area (TPSA) is 0 Å². The third kappa shape index (κ3) is 8.82. The average Bonchev–Trinajstić information content (AvgIpc) is 0. The van der Waals surface area contributed by atoms with Crippen LogP contribution in [-0.2, 0) is 34.1 Å². The standard InChI is InChI=1S/Fe.Li.Mn.Na.2H. The Bertz CT molecular complexity index is 8.00. The zero-order valence-electron chi connectivity index (χ0n) is 0.732. The molecule has 0 heterocycles. The van der Waals surface area contributed by atoms with Crippen LogP contribution in [0, 0.1) is 0 Å². The Balaban J connectivity index is 0. The predicted molar refractivity (Wildman–Crippen MR) is 14.3 cm³/mol. The fourth-order valence-corrected chi connectivity index (χ4v) is 0. The fraction of sp³-hybridized carbons (Fsp3) is 0. The minimum absolute atomic E-state index is 0. The second-order valence-electron chi connectivity index (χ2n) is 0. The van der Waals surface area contributed by atoms with E-state index >= 15 is 0 Å². The Hall–Kier alpha value is 2.64. The van der Waals surface area contributed by atoms with Crippen LogP contribution >= 0.6 is 0 Å². The second kappa shape index (κ2) is 17.4. The maximum absolute atomic E-state index is 0. The molecule has 0 N–H and O–H groups in total. The molecule has 0 aromatic carbocycles. The zero-order chi connectivity index (χ0) is 0. The average molecular weight is 143 g/mol. The van der Waals surface area contributed by atoms with Gasteiger partial charge < -0.3 is 0 Å². The summed E-state index contributed by atoms with van der Waals surface area (Å²) in [6.07, 6.45) is 0. The molecule has 19 valence electrons. The minimum atomic E-state index is 0. The van der Waals surface area contributed by atoms with Gasteiger partial charge in [0, 0.05) is 34.1 Å². The molecule has 0 saturated heterocycles. The predicted octanol–water partition coefficient (Wildman–Crippen LogP) is -1.30. The van der Waals surface area contributed by atoms with E-state index in [9.17, 15) is 0 Å². The molecular formula is H2FeLiMnNa. The maximum atomic E-state index is 0. The van der Waals surface area contributed by atoms with Gasteiger partial charge in [-0.1, -0.05) is 0 Å². The first-order chi connectivity index (χ1) is 0. The van der Waals surface area contributed by atoms with Gasteiger partial charge in [0.15, 0.2) is 0 Å². The van der Waals surface area contributed by atoms with E-state index < -0.39 is 0 Å². The van der Waals surface area contributed by atoms with Crippen molar-refractivity contribution >= 4 is 48.4 Å². The van der Waals surface area contributed by atoms with Gasteiger partial charge >= 0.3 is 48.4 Å². The van der Waals surface area contributed by atoms with Gasteiger partial charge in [0.25, 0.3) is 0 Å². The molecule has 0 atom stereocenters. The molecule has 0 aliphatic rings. The van der Waals surface area contributed by atoms with Gasteiger partial charge in [0.2, 0.25) is 0 Å². The number of hydrogen-bond acceptors (Lipinski definition) is 0. The van der Waals surface area contributed by atoms with Crippen LogP contribution in [-0.4, -0.2) is 48.4 Å². The molecule has 0 aliphatic carbocycles. The molecule has 0 aliphatic heterocycles. The molecule has 0 aromatic rings. The summed E-state index contributed by atoms with van der Waals surface area (Å²) >= 11 is 0. The molecule has 0 unspecified atom stereocenters. The summed E-state index contributed by atoms with van der Waals surface area (Å²) < 4.78 is 0. The molecule has 0 saturated carbocycles. The summed E-state index contributed by atoms with van der Waals surface area (Å²) in [6, 6.07) is 0. The molecule has 0 rings (SSSR count). The van der Waals surface area contributed by atoms with Crippen LogP contribution in [0.4, 0.5) is 0 Å². The molecule has 0 amide bonds. The van der Waals surface area contributed by atoms with Crippen molar-refractivity contribution in [2.75, 3.05) is 0 Å². The molecule has 0 bridgehead atoms. The van der Waals surface area contributed by atoms with Gasteiger partial charge in [-0.3, -0.25) is 0 Å². The molecule has 4 heteroatoms. The Morgan fingerprint density at radius 3 is 1.00 bits per heavy atom. The van der Waals surface area contributed by atoms with E-state index in [0.717, 1.165) is 0 Å². The SMILES string of the molecule is [Fe].[LiH].[Mn].[NaH]. The zero-order valence-corrected chi connectivity index (χ0v) is 3.02. The summed E-state index contributed by atoms with van der Waals surface area (Å²) in [4.78, 5) is 0. The van der Waals surface area contributed by atoms with E-state index in [4.69, 9.17) is 0 Å². The third-order valence-electron chi connectivity index (χ3n) is 0. The molecular weight excluding hydrogens is 141 g/mol. The summed E-state index contributed by atoms with van der Waals surface area (Å²) in [7, 11) is 0. The molecule has 0 spiro atoms. The Morgan fingerprint density at radius 1 is 1.00 bits per heavy atom. The number of hydrogen-bond donors (Lipinski definition) is 0. The third-order valence-corrected chi connectivity index (χ3v) is 0. The van der Waals surface area contributed by atoms with E-state index in [1.54, 1.807) is 0 Å². The van der Waals surface area contributed by atoms with Gasteiger partial charge in [-0.15, -0.1) is 0 Å². The van der Waals surface area contributed by atoms with Crippen molar-refractivity contribution in [1.29, 1.82) is 0 Å². The van der Waals surface area contributed by atoms with E-state index in [2.05, 4.69) is 0 Å². The first-order valence-electron chi connectivity index (χ1n) is 0. The van der Waals surface area contributed by atoms with Gasteiger partial charge in [-0.25, -0.2) is 0 Å². The normalized spacial score (nSPS) is 0. The fourth-order valence-electron chi connectivity index (χ4n) is 0. The summed E-state index contributed by atoms with van der Waals surface area (Å²) in [6.45, 7) is 0. The van der Waals surface area contributed by atoms with E-state index in [-0.39, 0.29) is 82.6 Å². The van der Waals surface area contributed by atoms with Crippen molar-refractivity contribution < 1.29 is 34.1 Å². The molecule has 0 fully saturated rings. The number of rotatable bonds is 0. The molecule has 1 radical (unpaired) electrons. The van der Waals surface area contributed by atoms with Crippen LogP contribution < -0.4 is 0 Å². The molecule has 4 heavy (non-hydrogen) atoms. The quantitative estimate of drug-likeness (QED) is 0.369. The summed E-state index contributed by atoms with van der Waals surface area (Å²) in [5, 5.41) is 0. The van der Waals surface area contributed by atoms with Crippen LogP contribution in [0.15, 0.2) is 0 Å². The summed E-state index contributed by atoms with van der Waals surface area (Å²) in [5.74, 6) is 0. The Kier molecular flexibility index (Phi) is 132. The van der Waals surface area contributed by atoms with E-state index in [1.807, 2.05) is 0 Å². The Labute approximate surface area is 81.3 Å². The van der Waals surface area contributed by atoms with Crippen LogP contribution in [0.2, 0.25) is 0 Å². The van der Waals surface area contributed by atoms with E-state index in [1.165, 1.54) is 0 Å². The van der Waals surface area contributed by atoms with Crippen LogP contribution in [0.5, 0.6) is 0 Å². The van der Waals surface area contributed by atoms with Crippen LogP contribution in [0.3, 0.4) is 0 Å². The van der Waals surface area contributed by atoms with Crippen molar-refractivity contribution in [3.63, 3.8) is 0 Å². The van der Waals surface area contributed by atoms with E-state index in [0.29, 0.717) is 0 Å². The van der Waals surface area contributed by atoms with Gasteiger partial charge in [0.1, 0.15) is 0 Å². The molecule has 0 nitrogen and oxygen atoms in total. The van der Waals surface area contributed by atoms with Gasteiger partial charge in [-0.05, 0) is 0 Å². The van der Waals surface area contributed by atoms with Crippen molar-refractivity contribution in [2.24, 2.45) is 0 Å². The molecule has 0 aromatic heterocycles. The van der Waals surface area contributed by atoms with Crippen molar-refractivity contribution in [1.82, 2.24) is 0 Å². The second-order valence-corrected chi connectivity index (χ2v) is 0. The van der Waals surface area contributed by atoms with Gasteiger partial charge in [0.05, 0.1) is 0 Å². The van der Waals surface area contributed by atoms with Gasteiger partial charge in [-0.2, -0.15) is 0 Å². The summed E-state index contributed by atoms with van der Waals surface area (Å²) in [5.41, 5.74) is 0. The monoisotopic (exact) mass is 143 g/mol. The first kappa shape index (κ1) is 30.3. The van der Waals surface area contributed by atoms with Crippen molar-refractivity contribution in [2.45, 2.75) is 0 Å². The van der Waals surface area contributed by atoms with Crippen molar-refractivity contribution in [3.8, 4) is 0 Å².